The van der Waals surface area contributed by atoms with Gasteiger partial charge in [0.15, 0.2) is 5.82 Å². The normalized spacial score (nSPS) is 10.5. The molecule has 0 spiro atoms. The van der Waals surface area contributed by atoms with Gasteiger partial charge in [-0.25, -0.2) is 0 Å². The second-order valence-electron chi connectivity index (χ2n) is 5.69. The number of benzene rings is 2. The Bertz CT molecular complexity index is 871. The van der Waals surface area contributed by atoms with E-state index >= 15 is 0 Å². The molecule has 0 saturated heterocycles. The monoisotopic (exact) mass is 399 g/mol. The summed E-state index contributed by atoms with van der Waals surface area (Å²) in [5.41, 5.74) is 2.91. The first-order chi connectivity index (χ1) is 12.0. The average molecular weight is 400 g/mol. The lowest BCUT2D eigenvalue weighted by molar-refractivity contribution is 0.102. The van der Waals surface area contributed by atoms with E-state index in [4.69, 9.17) is 4.74 Å². The van der Waals surface area contributed by atoms with E-state index in [1.54, 1.807) is 36.1 Å². The number of nitrogens with one attached hydrogen (secondary N) is 1. The smallest absolute Gasteiger partial charge is 0.256 e. The topological polar surface area (TPSA) is 56.1 Å². The Balaban J connectivity index is 1.71. The molecule has 3 rings (SSSR count). The van der Waals surface area contributed by atoms with Crippen molar-refractivity contribution in [1.29, 1.82) is 0 Å². The number of aryl methyl sites for hydroxylation is 1. The quantitative estimate of drug-likeness (QED) is 0.696. The Morgan fingerprint density at radius 3 is 2.48 bits per heavy atom. The number of anilines is 1. The summed E-state index contributed by atoms with van der Waals surface area (Å²) in [6, 6.07) is 15.2. The summed E-state index contributed by atoms with van der Waals surface area (Å²) in [6.45, 7) is 2.69. The zero-order valence-corrected chi connectivity index (χ0v) is 15.6. The molecule has 0 saturated carbocycles. The standard InChI is InChI=1S/C19H18BrN3O2/c1-13-3-5-14(6-4-13)11-23-12-17(20)18(22-23)21-19(24)15-7-9-16(25-2)10-8-15/h3-10,12H,11H2,1-2H3,(H,21,22,24). The highest BCUT2D eigenvalue weighted by atomic mass is 79.9. The van der Waals surface area contributed by atoms with Gasteiger partial charge < -0.3 is 10.1 Å². The maximum Gasteiger partial charge on any atom is 0.256 e. The molecule has 1 heterocycles. The second kappa shape index (κ2) is 7.53. The van der Waals surface area contributed by atoms with Gasteiger partial charge in [0.1, 0.15) is 5.75 Å². The lowest BCUT2D eigenvalue weighted by atomic mass is 10.1. The average Bonchev–Trinajstić information content (AvgIpc) is 2.96. The molecule has 0 aliphatic carbocycles. The van der Waals surface area contributed by atoms with Crippen LogP contribution >= 0.6 is 15.9 Å². The first-order valence-electron chi connectivity index (χ1n) is 7.79. The van der Waals surface area contributed by atoms with Gasteiger partial charge in [-0.15, -0.1) is 0 Å². The molecule has 0 aliphatic heterocycles. The van der Waals surface area contributed by atoms with Crippen LogP contribution in [0.1, 0.15) is 21.5 Å². The van der Waals surface area contributed by atoms with E-state index in [9.17, 15) is 4.79 Å². The second-order valence-corrected chi connectivity index (χ2v) is 6.55. The van der Waals surface area contributed by atoms with Crippen LogP contribution in [-0.2, 0) is 6.54 Å². The van der Waals surface area contributed by atoms with Crippen LogP contribution in [0, 0.1) is 6.92 Å². The highest BCUT2D eigenvalue weighted by Gasteiger charge is 2.12. The van der Waals surface area contributed by atoms with Crippen LogP contribution in [0.2, 0.25) is 0 Å². The molecule has 128 valence electrons. The third-order valence-electron chi connectivity index (χ3n) is 3.77. The highest BCUT2D eigenvalue weighted by molar-refractivity contribution is 9.10. The molecule has 6 heteroatoms. The third-order valence-corrected chi connectivity index (χ3v) is 4.35. The number of rotatable bonds is 5. The van der Waals surface area contributed by atoms with Gasteiger partial charge >= 0.3 is 0 Å². The Morgan fingerprint density at radius 1 is 1.16 bits per heavy atom. The molecule has 2 aromatic carbocycles. The van der Waals surface area contributed by atoms with Crippen molar-refractivity contribution in [3.63, 3.8) is 0 Å². The van der Waals surface area contributed by atoms with Crippen molar-refractivity contribution in [2.75, 3.05) is 12.4 Å². The Morgan fingerprint density at radius 2 is 1.84 bits per heavy atom. The van der Waals surface area contributed by atoms with Crippen molar-refractivity contribution >= 4 is 27.7 Å². The molecule has 0 bridgehead atoms. The van der Waals surface area contributed by atoms with Gasteiger partial charge in [-0.3, -0.25) is 9.48 Å². The molecule has 1 N–H and O–H groups in total. The molecule has 0 fully saturated rings. The minimum absolute atomic E-state index is 0.219. The predicted molar refractivity (Wildman–Crippen MR) is 101 cm³/mol. The van der Waals surface area contributed by atoms with Crippen LogP contribution in [0.25, 0.3) is 0 Å². The van der Waals surface area contributed by atoms with Crippen LogP contribution < -0.4 is 10.1 Å². The number of ether oxygens (including phenoxy) is 1. The minimum Gasteiger partial charge on any atom is -0.497 e. The Kier molecular flexibility index (Phi) is 5.19. The van der Waals surface area contributed by atoms with E-state index in [1.807, 2.05) is 6.20 Å². The van der Waals surface area contributed by atoms with Crippen molar-refractivity contribution < 1.29 is 9.53 Å². The number of hydrogen-bond donors (Lipinski definition) is 1. The number of methoxy groups -OCH3 is 1. The Labute approximate surface area is 154 Å². The molecule has 0 radical (unpaired) electrons. The van der Waals surface area contributed by atoms with Gasteiger partial charge in [0.25, 0.3) is 5.91 Å². The first kappa shape index (κ1) is 17.2. The molecule has 3 aromatic rings. The molecule has 1 aromatic heterocycles. The fourth-order valence-electron chi connectivity index (χ4n) is 2.37. The van der Waals surface area contributed by atoms with E-state index in [-0.39, 0.29) is 5.91 Å². The van der Waals surface area contributed by atoms with Crippen molar-refractivity contribution in [1.82, 2.24) is 9.78 Å². The number of hydrogen-bond acceptors (Lipinski definition) is 3. The van der Waals surface area contributed by atoms with Crippen LogP contribution in [-0.4, -0.2) is 22.8 Å². The van der Waals surface area contributed by atoms with Crippen LogP contribution in [0.4, 0.5) is 5.82 Å². The van der Waals surface area contributed by atoms with Gasteiger partial charge in [-0.2, -0.15) is 5.10 Å². The SMILES string of the molecule is COc1ccc(C(=O)Nc2nn(Cc3ccc(C)cc3)cc2Br)cc1. The van der Waals surface area contributed by atoms with Crippen molar-refractivity contribution in [3.05, 3.63) is 75.9 Å². The summed E-state index contributed by atoms with van der Waals surface area (Å²) in [7, 11) is 1.59. The molecule has 0 atom stereocenters. The zero-order valence-electron chi connectivity index (χ0n) is 14.0. The molecule has 0 unspecified atom stereocenters. The van der Waals surface area contributed by atoms with Crippen molar-refractivity contribution in [2.24, 2.45) is 0 Å². The van der Waals surface area contributed by atoms with Gasteiger partial charge in [-0.1, -0.05) is 29.8 Å². The molecule has 25 heavy (non-hydrogen) atoms. The van der Waals surface area contributed by atoms with Crippen LogP contribution in [0.3, 0.4) is 0 Å². The minimum atomic E-state index is -0.219. The van der Waals surface area contributed by atoms with E-state index in [0.717, 1.165) is 10.0 Å². The largest absolute Gasteiger partial charge is 0.497 e. The molecular formula is C19H18BrN3O2. The molecular weight excluding hydrogens is 382 g/mol. The fraction of sp³-hybridized carbons (Fsp3) is 0.158. The number of aromatic nitrogens is 2. The highest BCUT2D eigenvalue weighted by Crippen LogP contribution is 2.22. The summed E-state index contributed by atoms with van der Waals surface area (Å²) in [5.74, 6) is 0.983. The predicted octanol–water partition coefficient (Wildman–Crippen LogP) is 4.26. The van der Waals surface area contributed by atoms with Crippen LogP contribution in [0.15, 0.2) is 59.2 Å². The van der Waals surface area contributed by atoms with Gasteiger partial charge in [0.2, 0.25) is 0 Å². The zero-order chi connectivity index (χ0) is 17.8. The summed E-state index contributed by atoms with van der Waals surface area (Å²) < 4.78 is 7.63. The lowest BCUT2D eigenvalue weighted by Crippen LogP contribution is -2.13. The number of nitrogens with zero attached hydrogens (tertiary/aromatic N) is 2. The van der Waals surface area contributed by atoms with Crippen molar-refractivity contribution in [3.8, 4) is 5.75 Å². The fourth-order valence-corrected chi connectivity index (χ4v) is 2.78. The molecule has 5 nitrogen and oxygen atoms in total. The number of amides is 1. The first-order valence-corrected chi connectivity index (χ1v) is 8.58. The van der Waals surface area contributed by atoms with E-state index < -0.39 is 0 Å². The summed E-state index contributed by atoms with van der Waals surface area (Å²) in [6.07, 6.45) is 1.85. The summed E-state index contributed by atoms with van der Waals surface area (Å²) >= 11 is 3.45. The van der Waals surface area contributed by atoms with Crippen LogP contribution in [0.5, 0.6) is 5.75 Å². The summed E-state index contributed by atoms with van der Waals surface area (Å²) in [4.78, 5) is 12.3. The van der Waals surface area contributed by atoms with Gasteiger partial charge in [0.05, 0.1) is 18.1 Å². The maximum atomic E-state index is 12.3. The third kappa shape index (κ3) is 4.28. The van der Waals surface area contributed by atoms with E-state index in [1.165, 1.54) is 5.56 Å². The van der Waals surface area contributed by atoms with E-state index in [2.05, 4.69) is 57.5 Å². The molecule has 0 aliphatic rings. The van der Waals surface area contributed by atoms with Crippen molar-refractivity contribution in [2.45, 2.75) is 13.5 Å². The molecule has 1 amide bonds. The summed E-state index contributed by atoms with van der Waals surface area (Å²) in [5, 5.41) is 7.26. The van der Waals surface area contributed by atoms with Gasteiger partial charge in [-0.05, 0) is 52.7 Å². The number of carbonyl (C=O) groups is 1. The lowest BCUT2D eigenvalue weighted by Gasteiger charge is -2.05. The maximum absolute atomic E-state index is 12.3. The Hall–Kier alpha value is -2.60. The van der Waals surface area contributed by atoms with Gasteiger partial charge in [0, 0.05) is 11.8 Å². The number of halogens is 1. The number of carbonyl (C=O) groups excluding carboxylic acids is 1. The van der Waals surface area contributed by atoms with E-state index in [0.29, 0.717) is 23.7 Å².